The van der Waals surface area contributed by atoms with Crippen LogP contribution in [0.4, 0.5) is 13.2 Å². The lowest BCUT2D eigenvalue weighted by atomic mass is 10.4. The Morgan fingerprint density at radius 3 is 2.38 bits per heavy atom. The molecule has 0 spiro atoms. The minimum absolute atomic E-state index is 0.398. The maximum absolute atomic E-state index is 12.3. The molecule has 4 nitrogen and oxygen atoms in total. The predicted molar refractivity (Wildman–Crippen MR) is 49.8 cm³/mol. The van der Waals surface area contributed by atoms with Gasteiger partial charge in [0.15, 0.2) is 5.69 Å². The lowest BCUT2D eigenvalue weighted by molar-refractivity contribution is -0.141. The third kappa shape index (κ3) is 2.82. The summed E-state index contributed by atoms with van der Waals surface area (Å²) >= 11 is 5.30. The summed E-state index contributed by atoms with van der Waals surface area (Å²) in [6.07, 6.45) is -4.76. The van der Waals surface area contributed by atoms with Gasteiger partial charge in [-0.3, -0.25) is 0 Å². The monoisotopic (exact) mass is 274 g/mol. The fourth-order valence-corrected chi connectivity index (χ4v) is 1.78. The third-order valence-electron chi connectivity index (χ3n) is 1.62. The van der Waals surface area contributed by atoms with Crippen molar-refractivity contribution >= 4 is 21.4 Å². The maximum Gasteiger partial charge on any atom is 0.433 e. The normalized spacial score (nSPS) is 12.8. The summed E-state index contributed by atoms with van der Waals surface area (Å²) in [5.74, 6) is -0.398. The Bertz CT molecular complexity index is 501. The van der Waals surface area contributed by atoms with Crippen molar-refractivity contribution in [1.29, 1.82) is 0 Å². The van der Waals surface area contributed by atoms with E-state index in [0.29, 0.717) is 6.07 Å². The highest BCUT2D eigenvalue weighted by Gasteiger charge is 2.34. The maximum atomic E-state index is 12.3. The van der Waals surface area contributed by atoms with Gasteiger partial charge in [0.2, 0.25) is 15.0 Å². The van der Waals surface area contributed by atoms with E-state index in [1.54, 1.807) is 0 Å². The zero-order chi connectivity index (χ0) is 12.6. The van der Waals surface area contributed by atoms with Crippen LogP contribution in [-0.4, -0.2) is 24.1 Å². The molecule has 0 amide bonds. The Morgan fingerprint density at radius 1 is 1.38 bits per heavy atom. The molecule has 9 heteroatoms. The smallest absolute Gasteiger partial charge is 0.220 e. The van der Waals surface area contributed by atoms with Crippen molar-refractivity contribution in [2.75, 3.05) is 5.75 Å². The average molecular weight is 275 g/mol. The van der Waals surface area contributed by atoms with Gasteiger partial charge in [0.1, 0.15) is 5.15 Å². The molecule has 1 aromatic heterocycles. The van der Waals surface area contributed by atoms with Crippen LogP contribution >= 0.6 is 11.6 Å². The molecule has 0 radical (unpaired) electrons. The molecule has 0 saturated heterocycles. The van der Waals surface area contributed by atoms with Gasteiger partial charge in [0, 0.05) is 6.07 Å². The van der Waals surface area contributed by atoms with Crippen molar-refractivity contribution in [1.82, 2.24) is 9.97 Å². The van der Waals surface area contributed by atoms with Gasteiger partial charge >= 0.3 is 6.18 Å². The second-order valence-electron chi connectivity index (χ2n) is 2.76. The molecule has 1 rings (SSSR count). The van der Waals surface area contributed by atoms with Crippen LogP contribution in [-0.2, 0) is 16.0 Å². The Balaban J connectivity index is 3.41. The van der Waals surface area contributed by atoms with Crippen LogP contribution in [0.15, 0.2) is 11.2 Å². The second-order valence-corrected chi connectivity index (χ2v) is 5.32. The first-order valence-corrected chi connectivity index (χ1v) is 6.04. The van der Waals surface area contributed by atoms with Crippen LogP contribution in [0.3, 0.4) is 0 Å². The Hall–Kier alpha value is -0.890. The summed E-state index contributed by atoms with van der Waals surface area (Å²) in [5, 5.41) is -1.47. The van der Waals surface area contributed by atoms with Crippen molar-refractivity contribution in [3.63, 3.8) is 0 Å². The summed E-state index contributed by atoms with van der Waals surface area (Å²) in [7, 11) is -3.91. The Labute approximate surface area is 94.4 Å². The molecule has 0 N–H and O–H groups in total. The molecular formula is C7H6ClF3N2O2S. The van der Waals surface area contributed by atoms with Gasteiger partial charge in [-0.15, -0.1) is 0 Å². The van der Waals surface area contributed by atoms with Crippen LogP contribution in [0.25, 0.3) is 0 Å². The molecule has 0 unspecified atom stereocenters. The number of hydrogen-bond donors (Lipinski definition) is 0. The molecule has 90 valence electrons. The number of nitrogens with zero attached hydrogens (tertiary/aromatic N) is 2. The van der Waals surface area contributed by atoms with Crippen LogP contribution in [0, 0.1) is 0 Å². The van der Waals surface area contributed by atoms with Gasteiger partial charge < -0.3 is 0 Å². The standard InChI is InChI=1S/C7H6ClF3N2O2S/c1-2-16(14,15)6-12-4(7(9,10)11)3-5(8)13-6/h3H,2H2,1H3. The number of alkyl halides is 3. The van der Waals surface area contributed by atoms with Crippen LogP contribution in [0.5, 0.6) is 0 Å². The van der Waals surface area contributed by atoms with Crippen molar-refractivity contribution in [2.24, 2.45) is 0 Å². The average Bonchev–Trinajstić information content (AvgIpc) is 2.15. The van der Waals surface area contributed by atoms with E-state index in [1.807, 2.05) is 0 Å². The lowest BCUT2D eigenvalue weighted by Crippen LogP contribution is -2.15. The highest BCUT2D eigenvalue weighted by Crippen LogP contribution is 2.29. The van der Waals surface area contributed by atoms with E-state index in [-0.39, 0.29) is 0 Å². The second kappa shape index (κ2) is 4.17. The third-order valence-corrected chi connectivity index (χ3v) is 3.32. The van der Waals surface area contributed by atoms with Crippen molar-refractivity contribution in [3.8, 4) is 0 Å². The number of aromatic nitrogens is 2. The minimum atomic E-state index is -4.76. The highest BCUT2D eigenvalue weighted by atomic mass is 35.5. The number of sulfone groups is 1. The molecular weight excluding hydrogens is 269 g/mol. The Morgan fingerprint density at radius 2 is 1.94 bits per heavy atom. The number of rotatable bonds is 2. The highest BCUT2D eigenvalue weighted by molar-refractivity contribution is 7.91. The van der Waals surface area contributed by atoms with Crippen LogP contribution in [0.2, 0.25) is 5.15 Å². The first-order valence-electron chi connectivity index (χ1n) is 4.01. The molecule has 16 heavy (non-hydrogen) atoms. The quantitative estimate of drug-likeness (QED) is 0.611. The van der Waals surface area contributed by atoms with E-state index in [9.17, 15) is 21.6 Å². The zero-order valence-electron chi connectivity index (χ0n) is 7.92. The van der Waals surface area contributed by atoms with E-state index >= 15 is 0 Å². The zero-order valence-corrected chi connectivity index (χ0v) is 9.49. The summed E-state index contributed by atoms with van der Waals surface area (Å²) in [5.41, 5.74) is -1.38. The van der Waals surface area contributed by atoms with Gasteiger partial charge in [0.25, 0.3) is 0 Å². The van der Waals surface area contributed by atoms with Crippen molar-refractivity contribution in [3.05, 3.63) is 16.9 Å². The van der Waals surface area contributed by atoms with E-state index in [1.165, 1.54) is 6.92 Å². The first-order chi connectivity index (χ1) is 7.16. The predicted octanol–water partition coefficient (Wildman–Crippen LogP) is 1.94. The summed E-state index contributed by atoms with van der Waals surface area (Å²) in [6, 6.07) is 0.468. The van der Waals surface area contributed by atoms with Gasteiger partial charge in [-0.2, -0.15) is 13.2 Å². The van der Waals surface area contributed by atoms with Gasteiger partial charge in [-0.05, 0) is 0 Å². The van der Waals surface area contributed by atoms with Crippen molar-refractivity contribution in [2.45, 2.75) is 18.3 Å². The molecule has 0 aliphatic heterocycles. The molecule has 0 fully saturated rings. The summed E-state index contributed by atoms with van der Waals surface area (Å²) in [6.45, 7) is 1.27. The molecule has 1 aromatic rings. The van der Waals surface area contributed by atoms with Crippen LogP contribution in [0.1, 0.15) is 12.6 Å². The molecule has 0 bridgehead atoms. The molecule has 0 saturated carbocycles. The van der Waals surface area contributed by atoms with E-state index in [0.717, 1.165) is 0 Å². The fraction of sp³-hybridized carbons (Fsp3) is 0.429. The SMILES string of the molecule is CCS(=O)(=O)c1nc(Cl)cc(C(F)(F)F)n1. The lowest BCUT2D eigenvalue weighted by Gasteiger charge is -2.07. The van der Waals surface area contributed by atoms with E-state index in [4.69, 9.17) is 11.6 Å². The summed E-state index contributed by atoms with van der Waals surface area (Å²) < 4.78 is 59.5. The van der Waals surface area contributed by atoms with Gasteiger partial charge in [-0.25, -0.2) is 18.4 Å². The molecule has 0 aromatic carbocycles. The minimum Gasteiger partial charge on any atom is -0.220 e. The number of hydrogen-bond acceptors (Lipinski definition) is 4. The van der Waals surface area contributed by atoms with Crippen LogP contribution < -0.4 is 0 Å². The summed E-state index contributed by atoms with van der Waals surface area (Å²) in [4.78, 5) is 6.20. The first kappa shape index (κ1) is 13.2. The van der Waals surface area contributed by atoms with Gasteiger partial charge in [-0.1, -0.05) is 18.5 Å². The molecule has 0 aliphatic carbocycles. The molecule has 1 heterocycles. The molecule has 0 atom stereocenters. The van der Waals surface area contributed by atoms with Crippen molar-refractivity contribution < 1.29 is 21.6 Å². The van der Waals surface area contributed by atoms with E-state index < -0.39 is 37.8 Å². The van der Waals surface area contributed by atoms with E-state index in [2.05, 4.69) is 9.97 Å². The number of halogens is 4. The molecule has 0 aliphatic rings. The largest absolute Gasteiger partial charge is 0.433 e. The Kier molecular flexibility index (Phi) is 3.44. The fourth-order valence-electron chi connectivity index (χ4n) is 0.810. The van der Waals surface area contributed by atoms with Gasteiger partial charge in [0.05, 0.1) is 5.75 Å². The topological polar surface area (TPSA) is 59.9 Å².